The SMILES string of the molecule is Nc1ncc(-c2ccc([C@]34C[C@H]3CN(C(CF)CF)C4)cc2)cc1C(=O)NC1CCC(O)CC1. The van der Waals surface area contributed by atoms with Crippen LogP contribution in [0.4, 0.5) is 14.6 Å². The first kappa shape index (κ1) is 23.2. The first-order chi connectivity index (χ1) is 16.4. The van der Waals surface area contributed by atoms with Crippen molar-refractivity contribution < 1.29 is 18.7 Å². The van der Waals surface area contributed by atoms with Gasteiger partial charge in [-0.1, -0.05) is 24.3 Å². The van der Waals surface area contributed by atoms with Crippen molar-refractivity contribution in [3.05, 3.63) is 47.7 Å². The number of nitrogens with two attached hydrogens (primary N) is 1. The highest BCUT2D eigenvalue weighted by molar-refractivity contribution is 5.99. The number of aromatic nitrogens is 1. The minimum Gasteiger partial charge on any atom is -0.393 e. The predicted octanol–water partition coefficient (Wildman–Crippen LogP) is 3.25. The summed E-state index contributed by atoms with van der Waals surface area (Å²) in [4.78, 5) is 19.1. The van der Waals surface area contributed by atoms with Gasteiger partial charge in [-0.3, -0.25) is 9.69 Å². The molecule has 6 nitrogen and oxygen atoms in total. The van der Waals surface area contributed by atoms with E-state index in [1.54, 1.807) is 12.3 Å². The molecule has 0 unspecified atom stereocenters. The number of pyridine rings is 1. The van der Waals surface area contributed by atoms with Gasteiger partial charge in [0.05, 0.1) is 17.7 Å². The summed E-state index contributed by atoms with van der Waals surface area (Å²) in [5.41, 5.74) is 9.29. The van der Waals surface area contributed by atoms with Crippen molar-refractivity contribution in [2.24, 2.45) is 5.92 Å². The lowest BCUT2D eigenvalue weighted by Crippen LogP contribution is -2.39. The van der Waals surface area contributed by atoms with Gasteiger partial charge in [-0.2, -0.15) is 0 Å². The van der Waals surface area contributed by atoms with Gasteiger partial charge in [0, 0.05) is 36.3 Å². The quantitative estimate of drug-likeness (QED) is 0.578. The van der Waals surface area contributed by atoms with Gasteiger partial charge in [-0.05, 0) is 55.2 Å². The third-order valence-electron chi connectivity index (χ3n) is 8.03. The van der Waals surface area contributed by atoms with E-state index in [0.717, 1.165) is 36.9 Å². The molecule has 1 amide bonds. The molecule has 182 valence electrons. The number of carbonyl (C=O) groups is 1. The monoisotopic (exact) mass is 470 g/mol. The third-order valence-corrected chi connectivity index (χ3v) is 8.03. The molecule has 1 aromatic carbocycles. The van der Waals surface area contributed by atoms with Crippen molar-refractivity contribution in [3.63, 3.8) is 0 Å². The highest BCUT2D eigenvalue weighted by Crippen LogP contribution is 2.59. The molecule has 1 aromatic heterocycles. The number of carbonyl (C=O) groups excluding carboxylic acids is 1. The molecule has 0 radical (unpaired) electrons. The number of aliphatic hydroxyl groups excluding tert-OH is 1. The van der Waals surface area contributed by atoms with Crippen LogP contribution in [0.25, 0.3) is 11.1 Å². The second-order valence-electron chi connectivity index (χ2n) is 10.2. The molecule has 3 aliphatic rings. The Hall–Kier alpha value is -2.58. The fraction of sp³-hybridized carbons (Fsp3) is 0.538. The van der Waals surface area contributed by atoms with Gasteiger partial charge in [0.2, 0.25) is 0 Å². The summed E-state index contributed by atoms with van der Waals surface area (Å²) < 4.78 is 26.3. The molecule has 0 bridgehead atoms. The number of halogens is 2. The summed E-state index contributed by atoms with van der Waals surface area (Å²) in [7, 11) is 0. The lowest BCUT2D eigenvalue weighted by molar-refractivity contribution is 0.0868. The maximum absolute atomic E-state index is 13.1. The standard InChI is InChI=1S/C26H32F2N4O2/c27-11-21(12-28)32-14-19-10-26(19,15-32)18-3-1-16(2-4-18)17-9-23(24(29)30-13-17)25(34)31-20-5-7-22(33)8-6-20/h1-4,9,13,19-22,33H,5-8,10-12,14-15H2,(H2,29,30)(H,31,34)/t19-,20?,22?,26+/m0/s1. The van der Waals surface area contributed by atoms with E-state index in [9.17, 15) is 18.7 Å². The molecule has 2 aliphatic carbocycles. The average Bonchev–Trinajstić information content (AvgIpc) is 3.42. The van der Waals surface area contributed by atoms with Gasteiger partial charge in [0.15, 0.2) is 0 Å². The van der Waals surface area contributed by atoms with E-state index in [1.807, 2.05) is 17.0 Å². The number of amides is 1. The van der Waals surface area contributed by atoms with Crippen LogP contribution >= 0.6 is 0 Å². The second-order valence-corrected chi connectivity index (χ2v) is 10.2. The van der Waals surface area contributed by atoms with Crippen LogP contribution in [0, 0.1) is 5.92 Å². The van der Waals surface area contributed by atoms with Crippen LogP contribution in [0.2, 0.25) is 0 Å². The fourth-order valence-corrected chi connectivity index (χ4v) is 5.78. The molecule has 1 aliphatic heterocycles. The number of nitrogen functional groups attached to an aromatic ring is 1. The maximum Gasteiger partial charge on any atom is 0.255 e. The first-order valence-electron chi connectivity index (χ1n) is 12.1. The highest BCUT2D eigenvalue weighted by Gasteiger charge is 2.61. The van der Waals surface area contributed by atoms with Gasteiger partial charge in [0.1, 0.15) is 19.2 Å². The molecule has 8 heteroatoms. The van der Waals surface area contributed by atoms with Crippen molar-refractivity contribution in [2.75, 3.05) is 32.2 Å². The number of hydrogen-bond donors (Lipinski definition) is 3. The van der Waals surface area contributed by atoms with E-state index in [2.05, 4.69) is 22.4 Å². The Morgan fingerprint density at radius 1 is 1.18 bits per heavy atom. The van der Waals surface area contributed by atoms with E-state index in [4.69, 9.17) is 5.73 Å². The number of rotatable bonds is 7. The summed E-state index contributed by atoms with van der Waals surface area (Å²) in [6, 6.07) is 9.37. The number of fused-ring (bicyclic) bond motifs is 1. The number of alkyl halides is 2. The molecule has 2 heterocycles. The lowest BCUT2D eigenvalue weighted by atomic mass is 9.92. The maximum atomic E-state index is 13.1. The normalized spacial score (nSPS) is 28.6. The van der Waals surface area contributed by atoms with E-state index in [-0.39, 0.29) is 29.3 Å². The number of benzene rings is 1. The predicted molar refractivity (Wildman–Crippen MR) is 127 cm³/mol. The Morgan fingerprint density at radius 2 is 1.88 bits per heavy atom. The van der Waals surface area contributed by atoms with Crippen molar-refractivity contribution in [3.8, 4) is 11.1 Å². The molecule has 0 spiro atoms. The largest absolute Gasteiger partial charge is 0.393 e. The fourth-order valence-electron chi connectivity index (χ4n) is 5.78. The molecule has 3 fully saturated rings. The molecule has 2 atom stereocenters. The van der Waals surface area contributed by atoms with Crippen molar-refractivity contribution in [1.29, 1.82) is 0 Å². The van der Waals surface area contributed by atoms with E-state index in [1.165, 1.54) is 5.56 Å². The lowest BCUT2D eigenvalue weighted by Gasteiger charge is -2.26. The van der Waals surface area contributed by atoms with Crippen LogP contribution in [0.3, 0.4) is 0 Å². The van der Waals surface area contributed by atoms with Crippen LogP contribution in [-0.2, 0) is 5.41 Å². The zero-order valence-electron chi connectivity index (χ0n) is 19.2. The first-order valence-corrected chi connectivity index (χ1v) is 12.1. The Labute approximate surface area is 198 Å². The number of anilines is 1. The number of piperidine rings is 1. The van der Waals surface area contributed by atoms with E-state index < -0.39 is 19.4 Å². The van der Waals surface area contributed by atoms with E-state index >= 15 is 0 Å². The zero-order valence-corrected chi connectivity index (χ0v) is 19.2. The van der Waals surface area contributed by atoms with Gasteiger partial charge >= 0.3 is 0 Å². The Balaban J connectivity index is 1.29. The van der Waals surface area contributed by atoms with Crippen molar-refractivity contribution >= 4 is 11.7 Å². The van der Waals surface area contributed by atoms with Gasteiger partial charge in [-0.25, -0.2) is 13.8 Å². The molecule has 1 saturated heterocycles. The number of nitrogens with one attached hydrogen (secondary N) is 1. The van der Waals surface area contributed by atoms with Crippen molar-refractivity contribution in [1.82, 2.24) is 15.2 Å². The highest BCUT2D eigenvalue weighted by atomic mass is 19.1. The van der Waals surface area contributed by atoms with Crippen LogP contribution in [0.5, 0.6) is 0 Å². The van der Waals surface area contributed by atoms with Gasteiger partial charge < -0.3 is 16.2 Å². The Kier molecular flexibility index (Phi) is 6.29. The van der Waals surface area contributed by atoms with Crippen LogP contribution in [0.15, 0.2) is 36.5 Å². The number of nitrogens with zero attached hydrogens (tertiary/aromatic N) is 2. The van der Waals surface area contributed by atoms with Gasteiger partial charge in [0.25, 0.3) is 5.91 Å². The van der Waals surface area contributed by atoms with Crippen LogP contribution < -0.4 is 11.1 Å². The van der Waals surface area contributed by atoms with E-state index in [0.29, 0.717) is 30.9 Å². The molecule has 4 N–H and O–H groups in total. The Bertz CT molecular complexity index is 1040. The summed E-state index contributed by atoms with van der Waals surface area (Å²) in [5, 5.41) is 12.7. The minimum atomic E-state index is -0.652. The molecule has 2 aromatic rings. The molecule has 2 saturated carbocycles. The average molecular weight is 471 g/mol. The summed E-state index contributed by atoms with van der Waals surface area (Å²) in [5.74, 6) is 0.397. The van der Waals surface area contributed by atoms with Crippen molar-refractivity contribution in [2.45, 2.75) is 55.7 Å². The second kappa shape index (κ2) is 9.23. The molecular formula is C26H32F2N4O2. The topological polar surface area (TPSA) is 91.5 Å². The zero-order chi connectivity index (χ0) is 23.9. The Morgan fingerprint density at radius 3 is 2.56 bits per heavy atom. The summed E-state index contributed by atoms with van der Waals surface area (Å²) >= 11 is 0. The van der Waals surface area contributed by atoms with Crippen LogP contribution in [-0.4, -0.2) is 65.5 Å². The summed E-state index contributed by atoms with van der Waals surface area (Å²) in [6.07, 6.45) is 5.32. The smallest absolute Gasteiger partial charge is 0.255 e. The molecule has 5 rings (SSSR count). The molecule has 34 heavy (non-hydrogen) atoms. The third kappa shape index (κ3) is 4.29. The molecular weight excluding hydrogens is 438 g/mol. The van der Waals surface area contributed by atoms with Crippen LogP contribution in [0.1, 0.15) is 48.0 Å². The summed E-state index contributed by atoms with van der Waals surface area (Å²) in [6.45, 7) is 0.143. The van der Waals surface area contributed by atoms with Gasteiger partial charge in [-0.15, -0.1) is 0 Å². The number of likely N-dealkylation sites (tertiary alicyclic amines) is 1. The minimum absolute atomic E-state index is 0.000887. The number of hydrogen-bond acceptors (Lipinski definition) is 5. The number of aliphatic hydroxyl groups is 1.